The van der Waals surface area contributed by atoms with Gasteiger partial charge in [-0.2, -0.15) is 0 Å². The van der Waals surface area contributed by atoms with E-state index in [1.165, 1.54) is 18.4 Å². The zero-order chi connectivity index (χ0) is 21.6. The van der Waals surface area contributed by atoms with Gasteiger partial charge in [0.05, 0.1) is 38.1 Å². The highest BCUT2D eigenvalue weighted by Crippen LogP contribution is 2.40. The van der Waals surface area contributed by atoms with Crippen LogP contribution in [0.4, 0.5) is 5.69 Å². The van der Waals surface area contributed by atoms with Crippen molar-refractivity contribution >= 4 is 5.69 Å². The second-order valence-corrected chi connectivity index (χ2v) is 8.59. The van der Waals surface area contributed by atoms with Crippen molar-refractivity contribution in [2.45, 2.75) is 31.8 Å². The first-order valence-electron chi connectivity index (χ1n) is 11.2. The van der Waals surface area contributed by atoms with Gasteiger partial charge in [0, 0.05) is 6.54 Å². The summed E-state index contributed by atoms with van der Waals surface area (Å²) in [6.45, 7) is 11.1. The molecule has 2 unspecified atom stereocenters. The number of hydrogen-bond donors (Lipinski definition) is 0. The monoisotopic (exact) mass is 422 g/mol. The molecule has 0 N–H and O–H groups in total. The molecular weight excluding hydrogens is 388 g/mol. The van der Waals surface area contributed by atoms with E-state index < -0.39 is 0 Å². The molecule has 31 heavy (non-hydrogen) atoms. The first-order valence-corrected chi connectivity index (χ1v) is 11.2. The van der Waals surface area contributed by atoms with E-state index >= 15 is 0 Å². The van der Waals surface area contributed by atoms with Gasteiger partial charge >= 0.3 is 0 Å². The maximum atomic E-state index is 6.17. The Morgan fingerprint density at radius 1 is 1.13 bits per heavy atom. The summed E-state index contributed by atoms with van der Waals surface area (Å²) in [5.41, 5.74) is 3.45. The van der Waals surface area contributed by atoms with E-state index in [4.69, 9.17) is 14.2 Å². The van der Waals surface area contributed by atoms with Crippen molar-refractivity contribution < 1.29 is 14.2 Å². The van der Waals surface area contributed by atoms with Crippen LogP contribution < -0.4 is 14.4 Å². The minimum Gasteiger partial charge on any atom is -0.497 e. The summed E-state index contributed by atoms with van der Waals surface area (Å²) < 4.78 is 17.6. The third kappa shape index (κ3) is 5.23. The van der Waals surface area contributed by atoms with Gasteiger partial charge in [0.1, 0.15) is 18.1 Å². The summed E-state index contributed by atoms with van der Waals surface area (Å²) in [5.74, 6) is 1.82. The van der Waals surface area contributed by atoms with Crippen molar-refractivity contribution in [3.63, 3.8) is 0 Å². The van der Waals surface area contributed by atoms with E-state index in [1.54, 1.807) is 7.11 Å². The maximum absolute atomic E-state index is 6.17. The number of para-hydroxylation sites is 2. The molecule has 2 atom stereocenters. The van der Waals surface area contributed by atoms with Crippen molar-refractivity contribution in [1.29, 1.82) is 0 Å². The topological polar surface area (TPSA) is 34.2 Å². The molecule has 4 rings (SSSR count). The Balaban J connectivity index is 1.61. The van der Waals surface area contributed by atoms with E-state index in [0.717, 1.165) is 42.4 Å². The number of benzene rings is 2. The molecule has 2 heterocycles. The molecule has 0 spiro atoms. The van der Waals surface area contributed by atoms with E-state index in [-0.39, 0.29) is 6.04 Å². The Bertz CT molecular complexity index is 861. The molecule has 0 radical (unpaired) electrons. The van der Waals surface area contributed by atoms with E-state index in [9.17, 15) is 0 Å². The minimum absolute atomic E-state index is 0.145. The Labute approximate surface area is 186 Å². The fourth-order valence-corrected chi connectivity index (χ4v) is 4.55. The van der Waals surface area contributed by atoms with Crippen LogP contribution in [0.1, 0.15) is 31.4 Å². The standard InChI is InChI=1S/C26H34N2O3/c1-20(2)17-30-18-22(27-14-6-7-15-27)16-28-24-8-4-5-9-26(24)31-19-25(28)21-10-12-23(29-3)13-11-21/h4-5,8-13,22,25H,1,6-7,14-19H2,2-3H3. The SMILES string of the molecule is C=C(C)COCC(CN1c2ccccc2OCC1c1ccc(OC)cc1)N1CCCC1. The Morgan fingerprint density at radius 3 is 2.58 bits per heavy atom. The normalized spacial score (nSPS) is 19.5. The number of ether oxygens (including phenoxy) is 3. The number of methoxy groups -OCH3 is 1. The predicted octanol–water partition coefficient (Wildman–Crippen LogP) is 4.69. The first-order chi connectivity index (χ1) is 15.2. The highest BCUT2D eigenvalue weighted by Gasteiger charge is 2.33. The van der Waals surface area contributed by atoms with Crippen LogP contribution in [-0.4, -0.2) is 57.5 Å². The van der Waals surface area contributed by atoms with E-state index in [2.05, 4.69) is 46.7 Å². The molecule has 5 heteroatoms. The van der Waals surface area contributed by atoms with Gasteiger partial charge in [0.25, 0.3) is 0 Å². The van der Waals surface area contributed by atoms with E-state index in [1.807, 2.05) is 25.1 Å². The molecule has 5 nitrogen and oxygen atoms in total. The molecule has 1 fully saturated rings. The number of hydrogen-bond acceptors (Lipinski definition) is 5. The molecule has 0 bridgehead atoms. The second-order valence-electron chi connectivity index (χ2n) is 8.59. The van der Waals surface area contributed by atoms with Crippen molar-refractivity contribution in [2.75, 3.05) is 51.5 Å². The average molecular weight is 423 g/mol. The summed E-state index contributed by atoms with van der Waals surface area (Å²) >= 11 is 0. The summed E-state index contributed by atoms with van der Waals surface area (Å²) in [6.07, 6.45) is 2.52. The fraction of sp³-hybridized carbons (Fsp3) is 0.462. The number of anilines is 1. The summed E-state index contributed by atoms with van der Waals surface area (Å²) in [6, 6.07) is 17.2. The molecule has 2 aromatic carbocycles. The van der Waals surface area contributed by atoms with Gasteiger partial charge in [0.2, 0.25) is 0 Å². The summed E-state index contributed by atoms with van der Waals surface area (Å²) in [4.78, 5) is 5.09. The number of fused-ring (bicyclic) bond motifs is 1. The average Bonchev–Trinajstić information content (AvgIpc) is 3.33. The zero-order valence-electron chi connectivity index (χ0n) is 18.8. The van der Waals surface area contributed by atoms with Crippen LogP contribution in [0.15, 0.2) is 60.7 Å². The smallest absolute Gasteiger partial charge is 0.142 e. The van der Waals surface area contributed by atoms with Gasteiger partial charge in [-0.05, 0) is 62.7 Å². The third-order valence-electron chi connectivity index (χ3n) is 6.17. The van der Waals surface area contributed by atoms with Gasteiger partial charge in [0.15, 0.2) is 0 Å². The zero-order valence-corrected chi connectivity index (χ0v) is 18.8. The molecule has 0 aliphatic carbocycles. The number of nitrogens with zero attached hydrogens (tertiary/aromatic N) is 2. The van der Waals surface area contributed by atoms with Crippen LogP contribution in [0.3, 0.4) is 0 Å². The molecule has 2 aliphatic heterocycles. The third-order valence-corrected chi connectivity index (χ3v) is 6.17. The highest BCUT2D eigenvalue weighted by molar-refractivity contribution is 5.61. The van der Waals surface area contributed by atoms with Crippen LogP contribution in [0.25, 0.3) is 0 Å². The van der Waals surface area contributed by atoms with Crippen LogP contribution >= 0.6 is 0 Å². The molecular formula is C26H34N2O3. The molecule has 2 aromatic rings. The molecule has 1 saturated heterocycles. The van der Waals surface area contributed by atoms with Gasteiger partial charge < -0.3 is 19.1 Å². The lowest BCUT2D eigenvalue weighted by atomic mass is 10.0. The van der Waals surface area contributed by atoms with Crippen molar-refractivity contribution in [3.05, 3.63) is 66.2 Å². The lowest BCUT2D eigenvalue weighted by Crippen LogP contribution is -2.49. The molecule has 166 valence electrons. The van der Waals surface area contributed by atoms with Crippen molar-refractivity contribution in [1.82, 2.24) is 4.90 Å². The lowest BCUT2D eigenvalue weighted by molar-refractivity contribution is 0.0822. The Morgan fingerprint density at radius 2 is 1.87 bits per heavy atom. The largest absolute Gasteiger partial charge is 0.497 e. The predicted molar refractivity (Wildman–Crippen MR) is 125 cm³/mol. The molecule has 0 saturated carbocycles. The summed E-state index contributed by atoms with van der Waals surface area (Å²) in [7, 11) is 1.70. The number of rotatable bonds is 9. The summed E-state index contributed by atoms with van der Waals surface area (Å²) in [5, 5.41) is 0. The maximum Gasteiger partial charge on any atom is 0.142 e. The molecule has 2 aliphatic rings. The second kappa shape index (κ2) is 10.2. The van der Waals surface area contributed by atoms with Crippen molar-refractivity contribution in [3.8, 4) is 11.5 Å². The van der Waals surface area contributed by atoms with Gasteiger partial charge in [-0.1, -0.05) is 36.4 Å². The van der Waals surface area contributed by atoms with Crippen LogP contribution in [-0.2, 0) is 4.74 Å². The van der Waals surface area contributed by atoms with Crippen LogP contribution in [0.5, 0.6) is 11.5 Å². The first kappa shape index (κ1) is 21.7. The van der Waals surface area contributed by atoms with Gasteiger partial charge in [-0.15, -0.1) is 0 Å². The van der Waals surface area contributed by atoms with Gasteiger partial charge in [-0.25, -0.2) is 0 Å². The highest BCUT2D eigenvalue weighted by atomic mass is 16.5. The van der Waals surface area contributed by atoms with Crippen LogP contribution in [0, 0.1) is 0 Å². The lowest BCUT2D eigenvalue weighted by Gasteiger charge is -2.42. The minimum atomic E-state index is 0.145. The van der Waals surface area contributed by atoms with Crippen molar-refractivity contribution in [2.24, 2.45) is 0 Å². The number of likely N-dealkylation sites (tertiary alicyclic amines) is 1. The van der Waals surface area contributed by atoms with Gasteiger partial charge in [-0.3, -0.25) is 4.90 Å². The quantitative estimate of drug-likeness (QED) is 0.548. The van der Waals surface area contributed by atoms with Crippen LogP contribution in [0.2, 0.25) is 0 Å². The molecule has 0 amide bonds. The molecule has 0 aromatic heterocycles. The Hall–Kier alpha value is -2.50. The fourth-order valence-electron chi connectivity index (χ4n) is 4.55. The Kier molecular flexibility index (Phi) is 7.15. The van der Waals surface area contributed by atoms with E-state index in [0.29, 0.717) is 25.9 Å².